The minimum absolute atomic E-state index is 0.0185. The standard InChI is InChI=1S/C8H17O4P/c1-6(2)5-8(7(3)4)12-13(9,10)11/h5-7H,1-4H3,(H2,9,10,11). The monoisotopic (exact) mass is 208 g/mol. The molecule has 0 amide bonds. The molecule has 13 heavy (non-hydrogen) atoms. The molecule has 0 aliphatic heterocycles. The van der Waals surface area contributed by atoms with Crippen molar-refractivity contribution in [3.8, 4) is 0 Å². The van der Waals surface area contributed by atoms with Crippen LogP contribution in [0.5, 0.6) is 0 Å². The van der Waals surface area contributed by atoms with Gasteiger partial charge in [0.2, 0.25) is 0 Å². The predicted molar refractivity (Wildman–Crippen MR) is 50.9 cm³/mol. The second-order valence-electron chi connectivity index (χ2n) is 3.55. The van der Waals surface area contributed by atoms with E-state index in [0.717, 1.165) is 0 Å². The number of rotatable bonds is 4. The molecule has 0 aliphatic carbocycles. The minimum Gasteiger partial charge on any atom is -0.409 e. The van der Waals surface area contributed by atoms with Crippen molar-refractivity contribution in [2.75, 3.05) is 0 Å². The highest BCUT2D eigenvalue weighted by Crippen LogP contribution is 2.40. The number of hydrogen-bond donors (Lipinski definition) is 2. The van der Waals surface area contributed by atoms with Gasteiger partial charge >= 0.3 is 7.82 Å². The number of phosphoric acid groups is 1. The zero-order valence-electron chi connectivity index (χ0n) is 8.39. The molecule has 0 aliphatic rings. The van der Waals surface area contributed by atoms with Gasteiger partial charge in [-0.05, 0) is 12.0 Å². The second kappa shape index (κ2) is 4.80. The summed E-state index contributed by atoms with van der Waals surface area (Å²) in [4.78, 5) is 17.2. The van der Waals surface area contributed by atoms with Crippen LogP contribution in [-0.4, -0.2) is 9.79 Å². The molecule has 0 heterocycles. The van der Waals surface area contributed by atoms with E-state index in [1.165, 1.54) is 0 Å². The Morgan fingerprint density at radius 1 is 1.31 bits per heavy atom. The van der Waals surface area contributed by atoms with Crippen LogP contribution in [0.1, 0.15) is 27.7 Å². The summed E-state index contributed by atoms with van der Waals surface area (Å²) >= 11 is 0. The SMILES string of the molecule is CC(C)C=C(OP(=O)(O)O)C(C)C. The van der Waals surface area contributed by atoms with E-state index in [2.05, 4.69) is 4.52 Å². The fraction of sp³-hybridized carbons (Fsp3) is 0.750. The van der Waals surface area contributed by atoms with E-state index in [1.807, 2.05) is 27.7 Å². The molecular weight excluding hydrogens is 191 g/mol. The molecule has 78 valence electrons. The summed E-state index contributed by atoms with van der Waals surface area (Å²) in [6, 6.07) is 0. The van der Waals surface area contributed by atoms with Crippen molar-refractivity contribution in [1.29, 1.82) is 0 Å². The van der Waals surface area contributed by atoms with Crippen LogP contribution < -0.4 is 0 Å². The predicted octanol–water partition coefficient (Wildman–Crippen LogP) is 2.29. The van der Waals surface area contributed by atoms with Crippen LogP contribution in [0.15, 0.2) is 11.8 Å². The van der Waals surface area contributed by atoms with Crippen LogP contribution in [0.4, 0.5) is 0 Å². The van der Waals surface area contributed by atoms with Gasteiger partial charge in [-0.25, -0.2) is 4.57 Å². The van der Waals surface area contributed by atoms with Crippen LogP contribution >= 0.6 is 7.82 Å². The minimum atomic E-state index is -4.40. The third-order valence-corrected chi connectivity index (χ3v) is 1.74. The van der Waals surface area contributed by atoms with Gasteiger partial charge in [-0.1, -0.05) is 27.7 Å². The van der Waals surface area contributed by atoms with Crippen molar-refractivity contribution in [3.05, 3.63) is 11.8 Å². The van der Waals surface area contributed by atoms with Gasteiger partial charge in [0, 0.05) is 5.92 Å². The third kappa shape index (κ3) is 6.82. The summed E-state index contributed by atoms with van der Waals surface area (Å²) < 4.78 is 15.1. The highest BCUT2D eigenvalue weighted by molar-refractivity contribution is 7.46. The van der Waals surface area contributed by atoms with E-state index in [-0.39, 0.29) is 11.8 Å². The largest absolute Gasteiger partial charge is 0.524 e. The molecule has 0 saturated carbocycles. The lowest BCUT2D eigenvalue weighted by molar-refractivity contribution is 0.225. The summed E-state index contributed by atoms with van der Waals surface area (Å²) in [7, 11) is -4.40. The average molecular weight is 208 g/mol. The van der Waals surface area contributed by atoms with Crippen molar-refractivity contribution in [2.24, 2.45) is 11.8 Å². The van der Waals surface area contributed by atoms with E-state index in [4.69, 9.17) is 9.79 Å². The highest BCUT2D eigenvalue weighted by atomic mass is 31.2. The Morgan fingerprint density at radius 2 is 1.77 bits per heavy atom. The normalized spacial score (nSPS) is 14.0. The molecule has 0 saturated heterocycles. The molecule has 0 aromatic heterocycles. The van der Waals surface area contributed by atoms with Gasteiger partial charge in [0.15, 0.2) is 0 Å². The maximum absolute atomic E-state index is 10.6. The fourth-order valence-electron chi connectivity index (χ4n) is 0.794. The Labute approximate surface area is 78.9 Å². The molecule has 0 rings (SSSR count). The first kappa shape index (κ1) is 12.7. The quantitative estimate of drug-likeness (QED) is 0.549. The molecule has 0 unspecified atom stereocenters. The highest BCUT2D eigenvalue weighted by Gasteiger charge is 2.19. The van der Waals surface area contributed by atoms with E-state index in [9.17, 15) is 4.57 Å². The lowest BCUT2D eigenvalue weighted by atomic mass is 10.1. The number of allylic oxidation sites excluding steroid dienone is 2. The van der Waals surface area contributed by atoms with E-state index in [1.54, 1.807) is 6.08 Å². The molecule has 0 spiro atoms. The van der Waals surface area contributed by atoms with E-state index in [0.29, 0.717) is 5.76 Å². The topological polar surface area (TPSA) is 66.8 Å². The Kier molecular flexibility index (Phi) is 4.68. The first-order valence-corrected chi connectivity index (χ1v) is 5.72. The summed E-state index contributed by atoms with van der Waals surface area (Å²) in [5.74, 6) is 0.544. The Hall–Kier alpha value is -0.310. The first-order chi connectivity index (χ1) is 5.72. The lowest BCUT2D eigenvalue weighted by Crippen LogP contribution is -2.00. The van der Waals surface area contributed by atoms with Gasteiger partial charge in [0.05, 0.1) is 0 Å². The van der Waals surface area contributed by atoms with Crippen molar-refractivity contribution < 1.29 is 18.9 Å². The lowest BCUT2D eigenvalue weighted by Gasteiger charge is -2.14. The van der Waals surface area contributed by atoms with E-state index < -0.39 is 7.82 Å². The maximum atomic E-state index is 10.6. The van der Waals surface area contributed by atoms with Gasteiger partial charge in [-0.15, -0.1) is 0 Å². The van der Waals surface area contributed by atoms with Crippen molar-refractivity contribution in [3.63, 3.8) is 0 Å². The zero-order valence-corrected chi connectivity index (χ0v) is 9.28. The third-order valence-electron chi connectivity index (χ3n) is 1.29. The summed E-state index contributed by atoms with van der Waals surface area (Å²) in [5.41, 5.74) is 0. The zero-order chi connectivity index (χ0) is 10.6. The molecule has 0 aromatic carbocycles. The molecule has 0 radical (unpaired) electrons. The smallest absolute Gasteiger partial charge is 0.409 e. The van der Waals surface area contributed by atoms with Gasteiger partial charge < -0.3 is 4.52 Å². The molecular formula is C8H17O4P. The maximum Gasteiger partial charge on any atom is 0.524 e. The van der Waals surface area contributed by atoms with Crippen molar-refractivity contribution in [2.45, 2.75) is 27.7 Å². The van der Waals surface area contributed by atoms with Crippen LogP contribution in [0.2, 0.25) is 0 Å². The Balaban J connectivity index is 4.55. The van der Waals surface area contributed by atoms with Crippen LogP contribution in [-0.2, 0) is 9.09 Å². The van der Waals surface area contributed by atoms with Gasteiger partial charge in [-0.3, -0.25) is 9.79 Å². The van der Waals surface area contributed by atoms with E-state index >= 15 is 0 Å². The van der Waals surface area contributed by atoms with Gasteiger partial charge in [0.25, 0.3) is 0 Å². The van der Waals surface area contributed by atoms with Gasteiger partial charge in [-0.2, -0.15) is 0 Å². The molecule has 2 N–H and O–H groups in total. The Bertz CT molecular complexity index is 226. The van der Waals surface area contributed by atoms with Crippen LogP contribution in [0.3, 0.4) is 0 Å². The molecule has 4 nitrogen and oxygen atoms in total. The fourth-order valence-corrected chi connectivity index (χ4v) is 1.34. The van der Waals surface area contributed by atoms with Gasteiger partial charge in [0.1, 0.15) is 5.76 Å². The molecule has 0 aromatic rings. The summed E-state index contributed by atoms with van der Waals surface area (Å²) in [5, 5.41) is 0. The second-order valence-corrected chi connectivity index (χ2v) is 4.71. The first-order valence-electron chi connectivity index (χ1n) is 4.19. The van der Waals surface area contributed by atoms with Crippen LogP contribution in [0, 0.1) is 11.8 Å². The number of hydrogen-bond acceptors (Lipinski definition) is 2. The molecule has 0 fully saturated rings. The summed E-state index contributed by atoms with van der Waals surface area (Å²) in [6.45, 7) is 7.49. The number of phosphoric ester groups is 1. The molecule has 0 atom stereocenters. The van der Waals surface area contributed by atoms with Crippen molar-refractivity contribution >= 4 is 7.82 Å². The summed E-state index contributed by atoms with van der Waals surface area (Å²) in [6.07, 6.45) is 1.71. The average Bonchev–Trinajstić information content (AvgIpc) is 1.81. The molecule has 0 bridgehead atoms. The van der Waals surface area contributed by atoms with Crippen molar-refractivity contribution in [1.82, 2.24) is 0 Å². The Morgan fingerprint density at radius 3 is 2.00 bits per heavy atom. The van der Waals surface area contributed by atoms with Crippen LogP contribution in [0.25, 0.3) is 0 Å². The molecule has 5 heteroatoms.